The number of hydrogen-bond donors (Lipinski definition) is 2. The molecule has 0 aliphatic rings. The molecule has 92 valence electrons. The minimum atomic E-state index is -0.471. The number of nitrogens with two attached hydrogens (primary N) is 1. The summed E-state index contributed by atoms with van der Waals surface area (Å²) in [4.78, 5) is 4.15. The topological polar surface area (TPSA) is 50.4 Å². The van der Waals surface area contributed by atoms with E-state index >= 15 is 0 Å². The van der Waals surface area contributed by atoms with Crippen molar-refractivity contribution in [3.05, 3.63) is 59.4 Å². The maximum atomic E-state index is 13.0. The van der Waals surface area contributed by atoms with Crippen molar-refractivity contribution >= 4 is 28.9 Å². The first-order valence-electron chi connectivity index (χ1n) is 5.26. The van der Waals surface area contributed by atoms with Gasteiger partial charge in [-0.15, -0.1) is 0 Å². The number of aliphatic imine (C=N–C) groups is 1. The number of benzene rings is 2. The first-order valence-corrected chi connectivity index (χ1v) is 5.64. The molecule has 0 aromatic heterocycles. The highest BCUT2D eigenvalue weighted by atomic mass is 35.5. The molecular weight excluding hydrogens is 253 g/mol. The fraction of sp³-hybridized carbons (Fsp3) is 0. The molecule has 18 heavy (non-hydrogen) atoms. The molecule has 3 nitrogen and oxygen atoms in total. The van der Waals surface area contributed by atoms with Crippen molar-refractivity contribution in [1.29, 1.82) is 0 Å². The molecule has 5 heteroatoms. The Kier molecular flexibility index (Phi) is 3.79. The quantitative estimate of drug-likeness (QED) is 0.643. The number of nitrogens with zero attached hydrogens (tertiary/aromatic N) is 1. The summed E-state index contributed by atoms with van der Waals surface area (Å²) >= 11 is 5.66. The molecule has 0 fully saturated rings. The predicted octanol–water partition coefficient (Wildman–Crippen LogP) is 3.54. The number of halogens is 2. The molecule has 0 heterocycles. The maximum absolute atomic E-state index is 13.0. The summed E-state index contributed by atoms with van der Waals surface area (Å²) in [7, 11) is 0. The van der Waals surface area contributed by atoms with Crippen molar-refractivity contribution in [1.82, 2.24) is 0 Å². The summed E-state index contributed by atoms with van der Waals surface area (Å²) in [6.45, 7) is 0. The molecule has 0 unspecified atom stereocenters. The third-order valence-electron chi connectivity index (χ3n) is 2.20. The molecule has 0 saturated carbocycles. The Morgan fingerprint density at radius 1 is 1.17 bits per heavy atom. The molecule has 0 bridgehead atoms. The van der Waals surface area contributed by atoms with E-state index in [4.69, 9.17) is 17.3 Å². The van der Waals surface area contributed by atoms with E-state index in [0.29, 0.717) is 5.69 Å². The van der Waals surface area contributed by atoms with Crippen molar-refractivity contribution in [2.24, 2.45) is 10.7 Å². The lowest BCUT2D eigenvalue weighted by molar-refractivity contribution is 0.628. The lowest BCUT2D eigenvalue weighted by Gasteiger charge is -2.06. The Balaban J connectivity index is 2.14. The van der Waals surface area contributed by atoms with Crippen LogP contribution in [-0.2, 0) is 0 Å². The average Bonchev–Trinajstić information content (AvgIpc) is 2.35. The van der Waals surface area contributed by atoms with E-state index in [2.05, 4.69) is 10.3 Å². The van der Waals surface area contributed by atoms with Gasteiger partial charge in [-0.3, -0.25) is 0 Å². The Morgan fingerprint density at radius 3 is 2.56 bits per heavy atom. The van der Waals surface area contributed by atoms with Crippen LogP contribution in [0, 0.1) is 5.82 Å². The largest absolute Gasteiger partial charge is 0.369 e. The van der Waals surface area contributed by atoms with Gasteiger partial charge in [0, 0.05) is 5.69 Å². The molecule has 0 aliphatic heterocycles. The highest BCUT2D eigenvalue weighted by molar-refractivity contribution is 6.31. The van der Waals surface area contributed by atoms with E-state index in [-0.39, 0.29) is 11.0 Å². The van der Waals surface area contributed by atoms with Crippen LogP contribution in [0.25, 0.3) is 0 Å². The van der Waals surface area contributed by atoms with Crippen LogP contribution >= 0.6 is 11.6 Å². The molecule has 0 aliphatic carbocycles. The molecule has 2 aromatic carbocycles. The predicted molar refractivity (Wildman–Crippen MR) is 72.8 cm³/mol. The molecular formula is C13H11ClFN3. The molecule has 0 spiro atoms. The number of hydrogen-bond acceptors (Lipinski definition) is 1. The zero-order valence-electron chi connectivity index (χ0n) is 9.40. The fourth-order valence-corrected chi connectivity index (χ4v) is 1.57. The molecule has 3 N–H and O–H groups in total. The van der Waals surface area contributed by atoms with Crippen LogP contribution in [-0.4, -0.2) is 5.96 Å². The number of para-hydroxylation sites is 1. The van der Waals surface area contributed by atoms with E-state index in [1.165, 1.54) is 18.2 Å². The van der Waals surface area contributed by atoms with Gasteiger partial charge in [0.25, 0.3) is 0 Å². The Hall–Kier alpha value is -2.07. The van der Waals surface area contributed by atoms with E-state index in [9.17, 15) is 4.39 Å². The normalized spacial score (nSPS) is 11.3. The summed E-state index contributed by atoms with van der Waals surface area (Å²) in [6, 6.07) is 13.5. The Morgan fingerprint density at radius 2 is 1.89 bits per heavy atom. The van der Waals surface area contributed by atoms with Crippen LogP contribution in [0.5, 0.6) is 0 Å². The van der Waals surface area contributed by atoms with E-state index < -0.39 is 5.82 Å². The van der Waals surface area contributed by atoms with Crippen LogP contribution < -0.4 is 11.1 Å². The second-order valence-electron chi connectivity index (χ2n) is 3.59. The molecule has 0 amide bonds. The van der Waals surface area contributed by atoms with Crippen LogP contribution in [0.2, 0.25) is 5.02 Å². The summed E-state index contributed by atoms with van der Waals surface area (Å²) < 4.78 is 13.0. The van der Waals surface area contributed by atoms with Gasteiger partial charge in [-0.25, -0.2) is 9.38 Å². The second-order valence-corrected chi connectivity index (χ2v) is 3.99. The van der Waals surface area contributed by atoms with Gasteiger partial charge in [0.05, 0.1) is 10.7 Å². The zero-order valence-corrected chi connectivity index (χ0v) is 10.2. The van der Waals surface area contributed by atoms with Crippen LogP contribution in [0.3, 0.4) is 0 Å². The summed E-state index contributed by atoms with van der Waals surface area (Å²) in [5, 5.41) is 2.87. The van der Waals surface area contributed by atoms with Crippen molar-refractivity contribution in [2.75, 3.05) is 5.32 Å². The number of anilines is 1. The molecule has 0 atom stereocenters. The smallest absolute Gasteiger partial charge is 0.198 e. The molecule has 2 aromatic rings. The average molecular weight is 264 g/mol. The van der Waals surface area contributed by atoms with Crippen molar-refractivity contribution in [3.63, 3.8) is 0 Å². The number of guanidine groups is 1. The van der Waals surface area contributed by atoms with Crippen molar-refractivity contribution in [2.45, 2.75) is 0 Å². The van der Waals surface area contributed by atoms with Gasteiger partial charge in [0.15, 0.2) is 5.96 Å². The van der Waals surface area contributed by atoms with Gasteiger partial charge < -0.3 is 11.1 Å². The number of rotatable bonds is 2. The SMILES string of the molecule is NC(=Nc1ccccc1)Nc1ccc(F)c(Cl)c1. The van der Waals surface area contributed by atoms with Gasteiger partial charge in [0.1, 0.15) is 5.82 Å². The van der Waals surface area contributed by atoms with Gasteiger partial charge >= 0.3 is 0 Å². The Bertz CT molecular complexity index is 570. The molecule has 2 rings (SSSR count). The lowest BCUT2D eigenvalue weighted by Crippen LogP contribution is -2.21. The number of nitrogens with one attached hydrogen (secondary N) is 1. The minimum absolute atomic E-state index is 0.0347. The van der Waals surface area contributed by atoms with E-state index in [1.807, 2.05) is 30.3 Å². The maximum Gasteiger partial charge on any atom is 0.198 e. The minimum Gasteiger partial charge on any atom is -0.369 e. The monoisotopic (exact) mass is 263 g/mol. The first kappa shape index (κ1) is 12.4. The summed E-state index contributed by atoms with van der Waals surface area (Å²) in [5.41, 5.74) is 7.04. The van der Waals surface area contributed by atoms with Crippen molar-refractivity contribution in [3.8, 4) is 0 Å². The standard InChI is InChI=1S/C13H11ClFN3/c14-11-8-10(6-7-12(11)15)18-13(16)17-9-4-2-1-3-5-9/h1-8H,(H3,16,17,18). The van der Waals surface area contributed by atoms with E-state index in [1.54, 1.807) is 0 Å². The third-order valence-corrected chi connectivity index (χ3v) is 2.49. The van der Waals surface area contributed by atoms with Gasteiger partial charge in [-0.05, 0) is 30.3 Å². The third kappa shape index (κ3) is 3.21. The summed E-state index contributed by atoms with van der Waals surface area (Å²) in [5.74, 6) is -0.260. The highest BCUT2D eigenvalue weighted by Crippen LogP contribution is 2.19. The fourth-order valence-electron chi connectivity index (χ4n) is 1.39. The lowest BCUT2D eigenvalue weighted by atomic mass is 10.3. The zero-order chi connectivity index (χ0) is 13.0. The first-order chi connectivity index (χ1) is 8.65. The molecule has 0 radical (unpaired) electrons. The second kappa shape index (κ2) is 5.51. The van der Waals surface area contributed by atoms with Gasteiger partial charge in [0.2, 0.25) is 0 Å². The van der Waals surface area contributed by atoms with Crippen LogP contribution in [0.1, 0.15) is 0 Å². The molecule has 0 saturated heterocycles. The Labute approximate surface area is 109 Å². The summed E-state index contributed by atoms with van der Waals surface area (Å²) in [6.07, 6.45) is 0. The van der Waals surface area contributed by atoms with Gasteiger partial charge in [-0.2, -0.15) is 0 Å². The van der Waals surface area contributed by atoms with Crippen LogP contribution in [0.4, 0.5) is 15.8 Å². The van der Waals surface area contributed by atoms with Gasteiger partial charge in [-0.1, -0.05) is 29.8 Å². The highest BCUT2D eigenvalue weighted by Gasteiger charge is 2.01. The van der Waals surface area contributed by atoms with E-state index in [0.717, 1.165) is 5.69 Å². The van der Waals surface area contributed by atoms with Crippen molar-refractivity contribution < 1.29 is 4.39 Å². The van der Waals surface area contributed by atoms with Crippen LogP contribution in [0.15, 0.2) is 53.5 Å².